The summed E-state index contributed by atoms with van der Waals surface area (Å²) in [4.78, 5) is 0. The van der Waals surface area contributed by atoms with Crippen molar-refractivity contribution in [3.8, 4) is 0 Å². The summed E-state index contributed by atoms with van der Waals surface area (Å²) in [6.07, 6.45) is -4.92. The first-order chi connectivity index (χ1) is 11.0. The molecule has 0 radical (unpaired) electrons. The molecule has 11 heteroatoms. The van der Waals surface area contributed by atoms with Gasteiger partial charge in [0.25, 0.3) is 0 Å². The van der Waals surface area contributed by atoms with Gasteiger partial charge in [0, 0.05) is 64.9 Å². The molecule has 1 aliphatic rings. The summed E-state index contributed by atoms with van der Waals surface area (Å²) in [5, 5.41) is 15.7. The molecule has 0 aromatic heterocycles. The molecule has 1 saturated heterocycles. The van der Waals surface area contributed by atoms with E-state index in [2.05, 4.69) is 26.6 Å². The monoisotopic (exact) mass is 422 g/mol. The predicted octanol–water partition coefficient (Wildman–Crippen LogP) is 0.646. The van der Waals surface area contributed by atoms with Crippen LogP contribution in [0, 0.1) is 0 Å². The van der Waals surface area contributed by atoms with Gasteiger partial charge in [0.15, 0.2) is 0 Å². The molecule has 1 fully saturated rings. The Morgan fingerprint density at radius 2 is 1.17 bits per heavy atom. The third-order valence-electron chi connectivity index (χ3n) is 3.04. The molecule has 1 atom stereocenters. The van der Waals surface area contributed by atoms with Crippen LogP contribution >= 0.6 is 20.2 Å². The van der Waals surface area contributed by atoms with Crippen molar-refractivity contribution in [1.29, 1.82) is 0 Å². The van der Waals surface area contributed by atoms with Crippen molar-refractivity contribution >= 4 is 20.2 Å². The third-order valence-corrected chi connectivity index (χ3v) is 3.04. The van der Waals surface area contributed by atoms with Crippen LogP contribution in [0.25, 0.3) is 0 Å². The van der Waals surface area contributed by atoms with E-state index in [0.29, 0.717) is 26.2 Å². The SMILES string of the molecule is FC(F)(F)CC1CNCCNCCNCCNCCN1.[Cl][Mn][Cl]. The van der Waals surface area contributed by atoms with E-state index in [9.17, 15) is 13.2 Å². The molecule has 1 unspecified atom stereocenters. The van der Waals surface area contributed by atoms with E-state index < -0.39 is 18.6 Å². The predicted molar refractivity (Wildman–Crippen MR) is 85.6 cm³/mol. The molecule has 1 aliphatic heterocycles. The number of hydrogen-bond donors (Lipinski definition) is 5. The van der Waals surface area contributed by atoms with Crippen LogP contribution in [0.4, 0.5) is 13.2 Å². The molecule has 141 valence electrons. The first kappa shape index (κ1) is 23.7. The molecule has 1 heterocycles. The van der Waals surface area contributed by atoms with Crippen LogP contribution in [0.3, 0.4) is 0 Å². The van der Waals surface area contributed by atoms with E-state index in [1.807, 2.05) is 0 Å². The van der Waals surface area contributed by atoms with Gasteiger partial charge in [-0.05, 0) is 0 Å². The van der Waals surface area contributed by atoms with Crippen molar-refractivity contribution in [2.24, 2.45) is 0 Å². The van der Waals surface area contributed by atoms with Gasteiger partial charge in [-0.15, -0.1) is 0 Å². The van der Waals surface area contributed by atoms with Gasteiger partial charge in [0.05, 0.1) is 6.42 Å². The van der Waals surface area contributed by atoms with Gasteiger partial charge in [0.2, 0.25) is 0 Å². The fourth-order valence-corrected chi connectivity index (χ4v) is 2.04. The Balaban J connectivity index is 0.00000149. The number of alkyl halides is 3. The Kier molecular flexibility index (Phi) is 16.7. The summed E-state index contributed by atoms with van der Waals surface area (Å²) >= 11 is 0.00694. The molecule has 0 aromatic rings. The topological polar surface area (TPSA) is 60.1 Å². The van der Waals surface area contributed by atoms with Crippen LogP contribution in [0.1, 0.15) is 6.42 Å². The number of rotatable bonds is 1. The molecule has 0 amide bonds. The molecule has 23 heavy (non-hydrogen) atoms. The van der Waals surface area contributed by atoms with E-state index in [0.717, 1.165) is 32.7 Å². The zero-order valence-electron chi connectivity index (χ0n) is 12.9. The minimum atomic E-state index is -4.13. The van der Waals surface area contributed by atoms with Gasteiger partial charge in [-0.25, -0.2) is 0 Å². The van der Waals surface area contributed by atoms with Crippen LogP contribution in [-0.4, -0.2) is 71.1 Å². The second kappa shape index (κ2) is 16.2. The first-order valence-electron chi connectivity index (χ1n) is 7.49. The zero-order valence-corrected chi connectivity index (χ0v) is 15.6. The standard InChI is InChI=1S/C12H26F3N5.2ClH.Mn/c13-12(14,15)9-11-10-19-6-5-17-2-1-16-3-4-18-7-8-20-11;;;/h11,16-20H,1-10H2;2*1H;/q;;;+2/p-2. The Morgan fingerprint density at radius 3 is 1.61 bits per heavy atom. The fraction of sp³-hybridized carbons (Fsp3) is 1.00. The molecule has 0 aromatic carbocycles. The van der Waals surface area contributed by atoms with Gasteiger partial charge >= 0.3 is 39.5 Å². The van der Waals surface area contributed by atoms with E-state index in [4.69, 9.17) is 20.2 Å². The van der Waals surface area contributed by atoms with Crippen molar-refractivity contribution in [3.05, 3.63) is 0 Å². The normalized spacial score (nSPS) is 23.1. The Labute approximate surface area is 150 Å². The third kappa shape index (κ3) is 18.9. The van der Waals surface area contributed by atoms with Crippen molar-refractivity contribution < 1.29 is 26.3 Å². The van der Waals surface area contributed by atoms with Crippen LogP contribution in [0.5, 0.6) is 0 Å². The quantitative estimate of drug-likeness (QED) is 0.401. The molecule has 0 aliphatic carbocycles. The molecule has 0 bridgehead atoms. The van der Waals surface area contributed by atoms with E-state index in [1.54, 1.807) is 0 Å². The van der Waals surface area contributed by atoms with E-state index in [-0.39, 0.29) is 13.1 Å². The van der Waals surface area contributed by atoms with Crippen LogP contribution in [0.15, 0.2) is 0 Å². The van der Waals surface area contributed by atoms with Crippen LogP contribution in [-0.2, 0) is 13.1 Å². The van der Waals surface area contributed by atoms with Gasteiger partial charge in [-0.3, -0.25) is 0 Å². The maximum atomic E-state index is 12.5. The zero-order chi connectivity index (χ0) is 17.4. The summed E-state index contributed by atoms with van der Waals surface area (Å²) in [7, 11) is 9.59. The second-order valence-electron chi connectivity index (χ2n) is 4.98. The van der Waals surface area contributed by atoms with Crippen molar-refractivity contribution in [2.45, 2.75) is 18.6 Å². The van der Waals surface area contributed by atoms with Crippen molar-refractivity contribution in [2.75, 3.05) is 58.9 Å². The maximum absolute atomic E-state index is 12.5. The van der Waals surface area contributed by atoms with Gasteiger partial charge in [-0.2, -0.15) is 13.2 Å². The summed E-state index contributed by atoms with van der Waals surface area (Å²) in [5.74, 6) is 0. The molecular formula is C12H26Cl2F3MnN5. The van der Waals surface area contributed by atoms with Crippen molar-refractivity contribution in [1.82, 2.24) is 26.6 Å². The van der Waals surface area contributed by atoms with Crippen molar-refractivity contribution in [3.63, 3.8) is 0 Å². The molecule has 1 rings (SSSR count). The first-order valence-corrected chi connectivity index (χ1v) is 10.7. The van der Waals surface area contributed by atoms with Crippen LogP contribution < -0.4 is 26.6 Å². The second-order valence-corrected chi connectivity index (χ2v) is 6.93. The molecule has 5 nitrogen and oxygen atoms in total. The Bertz CT molecular complexity index is 249. The number of halogens is 5. The van der Waals surface area contributed by atoms with Gasteiger partial charge in [-0.1, -0.05) is 0 Å². The summed E-state index contributed by atoms with van der Waals surface area (Å²) in [6.45, 7) is 6.44. The van der Waals surface area contributed by atoms with E-state index >= 15 is 0 Å². The molecule has 0 saturated carbocycles. The summed E-state index contributed by atoms with van der Waals surface area (Å²) < 4.78 is 37.4. The minimum absolute atomic E-state index is 0.00694. The number of nitrogens with one attached hydrogen (secondary N) is 5. The molecular weight excluding hydrogens is 397 g/mol. The average molecular weight is 423 g/mol. The van der Waals surface area contributed by atoms with E-state index in [1.165, 1.54) is 0 Å². The fourth-order valence-electron chi connectivity index (χ4n) is 2.04. The number of hydrogen-bond acceptors (Lipinski definition) is 5. The summed E-state index contributed by atoms with van der Waals surface area (Å²) in [5.41, 5.74) is 0. The van der Waals surface area contributed by atoms with Crippen LogP contribution in [0.2, 0.25) is 0 Å². The average Bonchev–Trinajstić information content (AvgIpc) is 2.46. The Hall–Kier alpha value is 0.689. The van der Waals surface area contributed by atoms with Gasteiger partial charge < -0.3 is 26.6 Å². The summed E-state index contributed by atoms with van der Waals surface area (Å²) in [6, 6.07) is -0.569. The molecule has 5 N–H and O–H groups in total. The molecule has 0 spiro atoms. The van der Waals surface area contributed by atoms with Gasteiger partial charge in [0.1, 0.15) is 0 Å². The Morgan fingerprint density at radius 1 is 0.783 bits per heavy atom.